The second-order valence-electron chi connectivity index (χ2n) is 5.30. The molecule has 0 atom stereocenters. The molecule has 0 saturated carbocycles. The van der Waals surface area contributed by atoms with E-state index in [-0.39, 0.29) is 0 Å². The van der Waals surface area contributed by atoms with Crippen LogP contribution in [0.25, 0.3) is 0 Å². The predicted molar refractivity (Wildman–Crippen MR) is 75.4 cm³/mol. The third-order valence-corrected chi connectivity index (χ3v) is 4.65. The fraction of sp³-hybridized carbons (Fsp3) is 0.571. The lowest BCUT2D eigenvalue weighted by Crippen LogP contribution is -2.26. The van der Waals surface area contributed by atoms with Crippen LogP contribution in [0, 0.1) is 11.3 Å². The zero-order valence-corrected chi connectivity index (χ0v) is 11.8. The Kier molecular flexibility index (Phi) is 4.26. The summed E-state index contributed by atoms with van der Waals surface area (Å²) in [5.41, 5.74) is 1.70. The Labute approximate surface area is 113 Å². The first-order valence-corrected chi connectivity index (χ1v) is 7.29. The molecule has 0 aliphatic carbocycles. The summed E-state index contributed by atoms with van der Waals surface area (Å²) in [5.74, 6) is 1.18. The van der Waals surface area contributed by atoms with E-state index in [0.29, 0.717) is 10.4 Å². The van der Waals surface area contributed by atoms with E-state index >= 15 is 0 Å². The minimum atomic E-state index is 0.394. The Bertz CT molecular complexity index is 451. The van der Waals surface area contributed by atoms with Gasteiger partial charge < -0.3 is 0 Å². The van der Waals surface area contributed by atoms with Crippen LogP contribution in [-0.4, -0.2) is 33.5 Å². The van der Waals surface area contributed by atoms with Crippen LogP contribution in [0.2, 0.25) is 0 Å². The van der Waals surface area contributed by atoms with Crippen molar-refractivity contribution in [2.45, 2.75) is 31.6 Å². The molecule has 1 aliphatic rings. The van der Waals surface area contributed by atoms with E-state index in [4.69, 9.17) is 5.26 Å². The summed E-state index contributed by atoms with van der Waals surface area (Å²) in [4.78, 5) is 6.48. The molecule has 3 nitrogen and oxygen atoms in total. The fourth-order valence-electron chi connectivity index (χ4n) is 2.11. The number of pyridine rings is 1. The first-order valence-electron chi connectivity index (χ1n) is 6.30. The van der Waals surface area contributed by atoms with E-state index in [0.717, 1.165) is 19.6 Å². The van der Waals surface area contributed by atoms with Gasteiger partial charge in [0.1, 0.15) is 11.8 Å². The van der Waals surface area contributed by atoms with Gasteiger partial charge in [0, 0.05) is 29.8 Å². The summed E-state index contributed by atoms with van der Waals surface area (Å²) in [5, 5.41) is 8.85. The molecule has 96 valence electrons. The number of nitriles is 1. The van der Waals surface area contributed by atoms with Crippen LogP contribution in [0.5, 0.6) is 0 Å². The first-order chi connectivity index (χ1) is 8.59. The molecule has 0 N–H and O–H groups in total. The van der Waals surface area contributed by atoms with E-state index < -0.39 is 0 Å². The van der Waals surface area contributed by atoms with E-state index in [2.05, 4.69) is 41.6 Å². The minimum absolute atomic E-state index is 0.394. The normalized spacial score (nSPS) is 20.1. The second-order valence-corrected chi connectivity index (χ2v) is 7.10. The lowest BCUT2D eigenvalue weighted by atomic mass is 10.1. The van der Waals surface area contributed by atoms with Gasteiger partial charge in [-0.25, -0.2) is 4.98 Å². The van der Waals surface area contributed by atoms with Crippen LogP contribution in [0.1, 0.15) is 31.5 Å². The molecule has 1 aliphatic heterocycles. The highest BCUT2D eigenvalue weighted by Gasteiger charge is 2.23. The molecule has 18 heavy (non-hydrogen) atoms. The van der Waals surface area contributed by atoms with Gasteiger partial charge in [0.05, 0.1) is 0 Å². The zero-order valence-electron chi connectivity index (χ0n) is 11.0. The molecule has 1 aromatic heterocycles. The Hall–Kier alpha value is -1.05. The largest absolute Gasteiger partial charge is 0.298 e. The van der Waals surface area contributed by atoms with Crippen LogP contribution >= 0.6 is 11.8 Å². The van der Waals surface area contributed by atoms with E-state index in [1.807, 2.05) is 12.1 Å². The fourth-order valence-corrected chi connectivity index (χ4v) is 3.25. The van der Waals surface area contributed by atoms with Gasteiger partial charge in [-0.15, -0.1) is 0 Å². The number of rotatable bonds is 2. The van der Waals surface area contributed by atoms with E-state index in [1.54, 1.807) is 6.20 Å². The maximum absolute atomic E-state index is 8.85. The van der Waals surface area contributed by atoms with Gasteiger partial charge in [0.2, 0.25) is 0 Å². The van der Waals surface area contributed by atoms with Gasteiger partial charge in [0.15, 0.2) is 0 Å². The van der Waals surface area contributed by atoms with Gasteiger partial charge in [-0.1, -0.05) is 13.8 Å². The van der Waals surface area contributed by atoms with E-state index in [1.165, 1.54) is 17.7 Å². The highest BCUT2D eigenvalue weighted by Crippen LogP contribution is 2.30. The Balaban J connectivity index is 1.99. The van der Waals surface area contributed by atoms with Crippen molar-refractivity contribution in [2.24, 2.45) is 0 Å². The van der Waals surface area contributed by atoms with Crippen molar-refractivity contribution in [1.82, 2.24) is 9.88 Å². The monoisotopic (exact) mass is 261 g/mol. The topological polar surface area (TPSA) is 39.9 Å². The molecule has 1 fully saturated rings. The molecule has 1 saturated heterocycles. The Morgan fingerprint density at radius 3 is 3.11 bits per heavy atom. The molecule has 0 spiro atoms. The van der Waals surface area contributed by atoms with Gasteiger partial charge in [-0.3, -0.25) is 4.90 Å². The zero-order chi connectivity index (χ0) is 13.0. The van der Waals surface area contributed by atoms with Crippen molar-refractivity contribution in [3.8, 4) is 6.07 Å². The van der Waals surface area contributed by atoms with Crippen LogP contribution in [-0.2, 0) is 6.54 Å². The van der Waals surface area contributed by atoms with Crippen molar-refractivity contribution < 1.29 is 0 Å². The number of hydrogen-bond donors (Lipinski definition) is 0. The smallest absolute Gasteiger partial charge is 0.140 e. The van der Waals surface area contributed by atoms with Gasteiger partial charge in [0.25, 0.3) is 0 Å². The number of aromatic nitrogens is 1. The van der Waals surface area contributed by atoms with Crippen molar-refractivity contribution in [2.75, 3.05) is 18.8 Å². The molecule has 2 rings (SSSR count). The third-order valence-electron chi connectivity index (χ3n) is 3.28. The van der Waals surface area contributed by atoms with Gasteiger partial charge >= 0.3 is 0 Å². The number of hydrogen-bond acceptors (Lipinski definition) is 4. The molecule has 2 heterocycles. The summed E-state index contributed by atoms with van der Waals surface area (Å²) in [7, 11) is 0. The van der Waals surface area contributed by atoms with Crippen LogP contribution < -0.4 is 0 Å². The maximum Gasteiger partial charge on any atom is 0.140 e. The summed E-state index contributed by atoms with van der Waals surface area (Å²) in [6.45, 7) is 7.82. The maximum atomic E-state index is 8.85. The Morgan fingerprint density at radius 2 is 2.33 bits per heavy atom. The SMILES string of the molecule is CC1(C)CCN(Cc2ccnc(C#N)c2)CCS1. The quantitative estimate of drug-likeness (QED) is 0.820. The molecular weight excluding hydrogens is 242 g/mol. The summed E-state index contributed by atoms with van der Waals surface area (Å²) < 4.78 is 0.394. The van der Waals surface area contributed by atoms with Crippen LogP contribution in [0.15, 0.2) is 18.3 Å². The average molecular weight is 261 g/mol. The average Bonchev–Trinajstić information content (AvgIpc) is 2.51. The molecule has 0 amide bonds. The highest BCUT2D eigenvalue weighted by atomic mass is 32.2. The molecular formula is C14H19N3S. The molecule has 4 heteroatoms. The molecule has 0 radical (unpaired) electrons. The number of nitrogens with zero attached hydrogens (tertiary/aromatic N) is 3. The van der Waals surface area contributed by atoms with Gasteiger partial charge in [-0.05, 0) is 30.7 Å². The Morgan fingerprint density at radius 1 is 1.50 bits per heavy atom. The van der Waals surface area contributed by atoms with Crippen molar-refractivity contribution in [1.29, 1.82) is 5.26 Å². The molecule has 1 aromatic rings. The lowest BCUT2D eigenvalue weighted by molar-refractivity contribution is 0.276. The van der Waals surface area contributed by atoms with Gasteiger partial charge in [-0.2, -0.15) is 17.0 Å². The predicted octanol–water partition coefficient (Wildman–Crippen LogP) is 2.67. The standard InChI is InChI=1S/C14H19N3S/c1-14(2)4-6-17(7-8-18-14)11-12-3-5-16-13(9-12)10-15/h3,5,9H,4,6-8,11H2,1-2H3. The minimum Gasteiger partial charge on any atom is -0.298 e. The molecule has 0 bridgehead atoms. The first kappa shape index (κ1) is 13.4. The highest BCUT2D eigenvalue weighted by molar-refractivity contribution is 8.00. The van der Waals surface area contributed by atoms with Crippen LogP contribution in [0.3, 0.4) is 0 Å². The third kappa shape index (κ3) is 3.72. The van der Waals surface area contributed by atoms with Crippen molar-refractivity contribution in [3.05, 3.63) is 29.6 Å². The van der Waals surface area contributed by atoms with Crippen molar-refractivity contribution in [3.63, 3.8) is 0 Å². The summed E-state index contributed by atoms with van der Waals surface area (Å²) in [6.07, 6.45) is 2.94. The molecule has 0 unspecified atom stereocenters. The van der Waals surface area contributed by atoms with Crippen molar-refractivity contribution >= 4 is 11.8 Å². The van der Waals surface area contributed by atoms with Crippen LogP contribution in [0.4, 0.5) is 0 Å². The lowest BCUT2D eigenvalue weighted by Gasteiger charge is -2.22. The number of thioether (sulfide) groups is 1. The second kappa shape index (κ2) is 5.73. The summed E-state index contributed by atoms with van der Waals surface area (Å²) in [6, 6.07) is 5.99. The molecule has 0 aromatic carbocycles. The van der Waals surface area contributed by atoms with E-state index in [9.17, 15) is 0 Å². The summed E-state index contributed by atoms with van der Waals surface area (Å²) >= 11 is 2.06.